The zero-order valence-corrected chi connectivity index (χ0v) is 7.86. The van der Waals surface area contributed by atoms with Gasteiger partial charge in [-0.3, -0.25) is 4.79 Å². The molecular formula is C11H13NO2. The highest BCUT2D eigenvalue weighted by atomic mass is 16.3. The summed E-state index contributed by atoms with van der Waals surface area (Å²) < 4.78 is 0. The molecule has 3 nitrogen and oxygen atoms in total. The van der Waals surface area contributed by atoms with Crippen molar-refractivity contribution < 1.29 is 9.90 Å². The van der Waals surface area contributed by atoms with Gasteiger partial charge in [0, 0.05) is 12.1 Å². The molecule has 1 aliphatic carbocycles. The predicted octanol–water partition coefficient (Wildman–Crippen LogP) is 1.10. The number of fused-ring (bicyclic) bond motifs is 1. The lowest BCUT2D eigenvalue weighted by Crippen LogP contribution is -2.19. The van der Waals surface area contributed by atoms with E-state index >= 15 is 0 Å². The van der Waals surface area contributed by atoms with Crippen molar-refractivity contribution in [2.24, 2.45) is 0 Å². The maximum absolute atomic E-state index is 10.4. The number of hydrogen-bond donors (Lipinski definition) is 2. The van der Waals surface area contributed by atoms with Crippen LogP contribution >= 0.6 is 0 Å². The molecule has 3 heteroatoms. The van der Waals surface area contributed by atoms with Crippen LogP contribution in [0.1, 0.15) is 17.5 Å². The molecule has 0 saturated carbocycles. The van der Waals surface area contributed by atoms with Crippen molar-refractivity contribution in [1.82, 2.24) is 0 Å². The summed E-state index contributed by atoms with van der Waals surface area (Å²) in [5, 5.41) is 12.2. The Balaban J connectivity index is 2.38. The summed E-state index contributed by atoms with van der Waals surface area (Å²) in [6.07, 6.45) is 2.77. The number of amides is 1. The summed E-state index contributed by atoms with van der Waals surface area (Å²) >= 11 is 0. The number of hydrogen-bond acceptors (Lipinski definition) is 2. The Labute approximate surface area is 82.8 Å². The number of carbonyl (C=O) groups excluding carboxylic acids is 1. The van der Waals surface area contributed by atoms with E-state index in [9.17, 15) is 9.90 Å². The van der Waals surface area contributed by atoms with Gasteiger partial charge in [-0.25, -0.2) is 0 Å². The van der Waals surface area contributed by atoms with Crippen molar-refractivity contribution in [2.45, 2.75) is 25.4 Å². The zero-order chi connectivity index (χ0) is 9.97. The van der Waals surface area contributed by atoms with Crippen LogP contribution in [0, 0.1) is 0 Å². The summed E-state index contributed by atoms with van der Waals surface area (Å²) in [7, 11) is 0. The first-order valence-electron chi connectivity index (χ1n) is 4.80. The number of aliphatic hydroxyl groups is 1. The third-order valence-electron chi connectivity index (χ3n) is 2.67. The summed E-state index contributed by atoms with van der Waals surface area (Å²) in [5.74, 6) is 0. The molecule has 0 heterocycles. The minimum atomic E-state index is -0.267. The third-order valence-corrected chi connectivity index (χ3v) is 2.67. The Hall–Kier alpha value is -1.35. The van der Waals surface area contributed by atoms with E-state index in [1.165, 1.54) is 5.56 Å². The van der Waals surface area contributed by atoms with E-state index in [0.29, 0.717) is 12.8 Å². The lowest BCUT2D eigenvalue weighted by atomic mass is 9.89. The first kappa shape index (κ1) is 9.21. The molecule has 0 radical (unpaired) electrons. The largest absolute Gasteiger partial charge is 0.393 e. The van der Waals surface area contributed by atoms with Gasteiger partial charge >= 0.3 is 0 Å². The quantitative estimate of drug-likeness (QED) is 0.688. The average molecular weight is 191 g/mol. The van der Waals surface area contributed by atoms with E-state index < -0.39 is 0 Å². The Morgan fingerprint density at radius 1 is 1.50 bits per heavy atom. The molecule has 0 spiro atoms. The number of aliphatic hydroxyl groups excluding tert-OH is 1. The molecule has 0 fully saturated rings. The number of rotatable bonds is 2. The van der Waals surface area contributed by atoms with Crippen LogP contribution in [-0.4, -0.2) is 17.6 Å². The van der Waals surface area contributed by atoms with Gasteiger partial charge in [-0.15, -0.1) is 0 Å². The van der Waals surface area contributed by atoms with E-state index in [1.54, 1.807) is 0 Å². The van der Waals surface area contributed by atoms with Crippen LogP contribution in [0.25, 0.3) is 0 Å². The molecule has 0 aromatic heterocycles. The van der Waals surface area contributed by atoms with Crippen LogP contribution in [0.15, 0.2) is 18.2 Å². The first-order valence-corrected chi connectivity index (χ1v) is 4.80. The number of aryl methyl sites for hydroxylation is 1. The lowest BCUT2D eigenvalue weighted by molar-refractivity contribution is -0.105. The summed E-state index contributed by atoms with van der Waals surface area (Å²) in [4.78, 5) is 10.4. The van der Waals surface area contributed by atoms with Crippen molar-refractivity contribution >= 4 is 12.1 Å². The lowest BCUT2D eigenvalue weighted by Gasteiger charge is -2.22. The molecule has 2 N–H and O–H groups in total. The maximum Gasteiger partial charge on any atom is 0.211 e. The highest BCUT2D eigenvalue weighted by Gasteiger charge is 2.18. The molecule has 2 rings (SSSR count). The molecule has 0 aliphatic heterocycles. The summed E-state index contributed by atoms with van der Waals surface area (Å²) in [6, 6.07) is 5.85. The Bertz CT molecular complexity index is 349. The SMILES string of the molecule is O=CNc1cccc2c1CC(O)CC2. The fraction of sp³-hybridized carbons (Fsp3) is 0.364. The van der Waals surface area contributed by atoms with E-state index in [1.807, 2.05) is 12.1 Å². The van der Waals surface area contributed by atoms with Crippen LogP contribution in [0.5, 0.6) is 0 Å². The van der Waals surface area contributed by atoms with Gasteiger partial charge < -0.3 is 10.4 Å². The van der Waals surface area contributed by atoms with E-state index in [0.717, 1.165) is 24.1 Å². The summed E-state index contributed by atoms with van der Waals surface area (Å²) in [6.45, 7) is 0. The fourth-order valence-electron chi connectivity index (χ4n) is 1.97. The van der Waals surface area contributed by atoms with Crippen molar-refractivity contribution in [2.75, 3.05) is 5.32 Å². The molecule has 0 bridgehead atoms. The van der Waals surface area contributed by atoms with Crippen LogP contribution < -0.4 is 5.32 Å². The van der Waals surface area contributed by atoms with Gasteiger partial charge in [0.25, 0.3) is 0 Å². The predicted molar refractivity (Wildman–Crippen MR) is 54.2 cm³/mol. The molecule has 1 aromatic carbocycles. The van der Waals surface area contributed by atoms with Crippen LogP contribution in [0.3, 0.4) is 0 Å². The fourth-order valence-corrected chi connectivity index (χ4v) is 1.97. The first-order chi connectivity index (χ1) is 6.81. The minimum absolute atomic E-state index is 0.267. The van der Waals surface area contributed by atoms with Crippen molar-refractivity contribution in [1.29, 1.82) is 0 Å². The van der Waals surface area contributed by atoms with Crippen LogP contribution in [0.4, 0.5) is 5.69 Å². The van der Waals surface area contributed by atoms with Gasteiger partial charge in [0.15, 0.2) is 0 Å². The maximum atomic E-state index is 10.4. The molecule has 74 valence electrons. The van der Waals surface area contributed by atoms with Gasteiger partial charge in [-0.1, -0.05) is 12.1 Å². The smallest absolute Gasteiger partial charge is 0.211 e. The monoisotopic (exact) mass is 191 g/mol. The molecule has 1 amide bonds. The molecule has 1 unspecified atom stereocenters. The number of anilines is 1. The molecule has 14 heavy (non-hydrogen) atoms. The van der Waals surface area contributed by atoms with Gasteiger partial charge in [0.05, 0.1) is 6.10 Å². The Morgan fingerprint density at radius 3 is 3.14 bits per heavy atom. The molecular weight excluding hydrogens is 178 g/mol. The normalized spacial score (nSPS) is 19.9. The number of benzene rings is 1. The van der Waals surface area contributed by atoms with Crippen molar-refractivity contribution in [3.05, 3.63) is 29.3 Å². The average Bonchev–Trinajstić information content (AvgIpc) is 2.19. The molecule has 1 aromatic rings. The van der Waals surface area contributed by atoms with Crippen LogP contribution in [-0.2, 0) is 17.6 Å². The highest BCUT2D eigenvalue weighted by molar-refractivity contribution is 5.74. The van der Waals surface area contributed by atoms with E-state index in [2.05, 4.69) is 11.4 Å². The summed E-state index contributed by atoms with van der Waals surface area (Å²) in [5.41, 5.74) is 3.15. The molecule has 1 atom stereocenters. The van der Waals surface area contributed by atoms with Gasteiger partial charge in [0.2, 0.25) is 6.41 Å². The highest BCUT2D eigenvalue weighted by Crippen LogP contribution is 2.27. The third kappa shape index (κ3) is 1.63. The minimum Gasteiger partial charge on any atom is -0.393 e. The zero-order valence-electron chi connectivity index (χ0n) is 7.86. The standard InChI is InChI=1S/C11H13NO2/c13-7-12-11-3-1-2-8-4-5-9(14)6-10(8)11/h1-3,7,9,14H,4-6H2,(H,12,13). The second-order valence-corrected chi connectivity index (χ2v) is 3.60. The second kappa shape index (κ2) is 3.80. The van der Waals surface area contributed by atoms with Crippen molar-refractivity contribution in [3.63, 3.8) is 0 Å². The molecule has 0 saturated heterocycles. The number of carbonyl (C=O) groups is 1. The Kier molecular flexibility index (Phi) is 2.50. The van der Waals surface area contributed by atoms with Gasteiger partial charge in [-0.2, -0.15) is 0 Å². The van der Waals surface area contributed by atoms with E-state index in [-0.39, 0.29) is 6.10 Å². The van der Waals surface area contributed by atoms with Crippen molar-refractivity contribution in [3.8, 4) is 0 Å². The van der Waals surface area contributed by atoms with E-state index in [4.69, 9.17) is 0 Å². The van der Waals surface area contributed by atoms with Gasteiger partial charge in [-0.05, 0) is 30.0 Å². The van der Waals surface area contributed by atoms with Gasteiger partial charge in [0.1, 0.15) is 0 Å². The topological polar surface area (TPSA) is 49.3 Å². The number of nitrogens with one attached hydrogen (secondary N) is 1. The Morgan fingerprint density at radius 2 is 2.36 bits per heavy atom. The van der Waals surface area contributed by atoms with Crippen LogP contribution in [0.2, 0.25) is 0 Å². The second-order valence-electron chi connectivity index (χ2n) is 3.60. The molecule has 1 aliphatic rings.